The normalized spacial score (nSPS) is 25.9. The van der Waals surface area contributed by atoms with E-state index in [4.69, 9.17) is 0 Å². The highest BCUT2D eigenvalue weighted by Gasteiger charge is 2.29. The highest BCUT2D eigenvalue weighted by atomic mass is 32.2. The summed E-state index contributed by atoms with van der Waals surface area (Å²) >= 11 is 0. The molecule has 8 heteroatoms. The molecule has 0 aromatic rings. The first-order valence-electron chi connectivity index (χ1n) is 5.60. The molecule has 0 radical (unpaired) electrons. The molecule has 0 amide bonds. The fraction of sp³-hybridized carbons (Fsp3) is 1.00. The Labute approximate surface area is 103 Å². The van der Waals surface area contributed by atoms with Crippen LogP contribution in [0.2, 0.25) is 0 Å². The largest absolute Gasteiger partial charge is 0.318 e. The number of hydrogen-bond donors (Lipinski definition) is 2. The van der Waals surface area contributed by atoms with Crippen LogP contribution in [0.1, 0.15) is 13.3 Å². The predicted octanol–water partition coefficient (Wildman–Crippen LogP) is -1.05. The molecular formula is C9H20N2O4S2. The molecule has 1 aliphatic rings. The number of hydrogen-bond acceptors (Lipinski definition) is 5. The van der Waals surface area contributed by atoms with Gasteiger partial charge in [0, 0.05) is 13.1 Å². The lowest BCUT2D eigenvalue weighted by Gasteiger charge is -2.15. The van der Waals surface area contributed by atoms with E-state index in [1.165, 1.54) is 0 Å². The fourth-order valence-corrected chi connectivity index (χ4v) is 4.81. The zero-order valence-electron chi connectivity index (χ0n) is 10.1. The number of nitrogens with one attached hydrogen (secondary N) is 2. The average molecular weight is 284 g/mol. The van der Waals surface area contributed by atoms with E-state index in [1.807, 2.05) is 0 Å². The van der Waals surface area contributed by atoms with Crippen LogP contribution >= 0.6 is 0 Å². The Hall–Kier alpha value is -0.180. The first-order valence-corrected chi connectivity index (χ1v) is 8.97. The van der Waals surface area contributed by atoms with E-state index < -0.39 is 25.1 Å². The van der Waals surface area contributed by atoms with E-state index in [1.54, 1.807) is 14.0 Å². The van der Waals surface area contributed by atoms with Gasteiger partial charge in [0.2, 0.25) is 10.0 Å². The van der Waals surface area contributed by atoms with E-state index in [0.717, 1.165) is 0 Å². The van der Waals surface area contributed by atoms with Gasteiger partial charge in [-0.1, -0.05) is 0 Å². The third-order valence-corrected chi connectivity index (χ3v) is 6.55. The molecule has 1 fully saturated rings. The van der Waals surface area contributed by atoms with Gasteiger partial charge < -0.3 is 5.32 Å². The predicted molar refractivity (Wildman–Crippen MR) is 67.1 cm³/mol. The van der Waals surface area contributed by atoms with Gasteiger partial charge in [-0.3, -0.25) is 0 Å². The van der Waals surface area contributed by atoms with Gasteiger partial charge in [0.1, 0.15) is 0 Å². The molecule has 0 saturated carbocycles. The van der Waals surface area contributed by atoms with Crippen LogP contribution < -0.4 is 10.0 Å². The first-order chi connectivity index (χ1) is 7.77. The van der Waals surface area contributed by atoms with Gasteiger partial charge in [0.25, 0.3) is 0 Å². The summed E-state index contributed by atoms with van der Waals surface area (Å²) in [6, 6.07) is 0. The van der Waals surface area contributed by atoms with Crippen molar-refractivity contribution in [3.63, 3.8) is 0 Å². The van der Waals surface area contributed by atoms with Gasteiger partial charge >= 0.3 is 0 Å². The number of sulfonamides is 1. The second-order valence-electron chi connectivity index (χ2n) is 4.53. The Morgan fingerprint density at radius 3 is 2.53 bits per heavy atom. The van der Waals surface area contributed by atoms with Crippen molar-refractivity contribution >= 4 is 19.9 Å². The molecule has 1 aliphatic heterocycles. The van der Waals surface area contributed by atoms with E-state index in [0.29, 0.717) is 13.0 Å². The Bertz CT molecular complexity index is 444. The van der Waals surface area contributed by atoms with Gasteiger partial charge in [-0.15, -0.1) is 0 Å². The third-order valence-electron chi connectivity index (χ3n) is 2.92. The summed E-state index contributed by atoms with van der Waals surface area (Å²) in [5.41, 5.74) is 0. The first kappa shape index (κ1) is 14.9. The minimum absolute atomic E-state index is 0.0865. The molecule has 0 aromatic carbocycles. The maximum Gasteiger partial charge on any atom is 0.215 e. The van der Waals surface area contributed by atoms with Crippen LogP contribution in [-0.2, 0) is 19.9 Å². The molecule has 0 aliphatic carbocycles. The molecule has 2 unspecified atom stereocenters. The van der Waals surface area contributed by atoms with Gasteiger partial charge in [0.15, 0.2) is 9.84 Å². The lowest BCUT2D eigenvalue weighted by Crippen LogP contribution is -2.40. The molecule has 1 heterocycles. The lowest BCUT2D eigenvalue weighted by atomic mass is 10.1. The lowest BCUT2D eigenvalue weighted by molar-refractivity contribution is 0.532. The van der Waals surface area contributed by atoms with Crippen LogP contribution in [0.3, 0.4) is 0 Å². The summed E-state index contributed by atoms with van der Waals surface area (Å²) in [6.45, 7) is 2.21. The van der Waals surface area contributed by atoms with E-state index in [-0.39, 0.29) is 24.0 Å². The smallest absolute Gasteiger partial charge is 0.215 e. The average Bonchev–Trinajstić information content (AvgIpc) is 2.56. The Morgan fingerprint density at radius 2 is 2.06 bits per heavy atom. The van der Waals surface area contributed by atoms with Gasteiger partial charge in [-0.05, 0) is 26.3 Å². The third kappa shape index (κ3) is 4.53. The van der Waals surface area contributed by atoms with Crippen LogP contribution in [0.4, 0.5) is 0 Å². The Kier molecular flexibility index (Phi) is 4.94. The molecule has 0 spiro atoms. The highest BCUT2D eigenvalue weighted by Crippen LogP contribution is 2.17. The molecule has 0 bridgehead atoms. The summed E-state index contributed by atoms with van der Waals surface area (Å²) in [6.07, 6.45) is 0.547. The fourth-order valence-electron chi connectivity index (χ4n) is 1.81. The minimum atomic E-state index is -3.35. The van der Waals surface area contributed by atoms with Crippen molar-refractivity contribution in [2.75, 3.05) is 31.6 Å². The van der Waals surface area contributed by atoms with Crippen LogP contribution in [0.5, 0.6) is 0 Å². The summed E-state index contributed by atoms with van der Waals surface area (Å²) in [4.78, 5) is 0. The van der Waals surface area contributed by atoms with Gasteiger partial charge in [0.05, 0.1) is 16.8 Å². The van der Waals surface area contributed by atoms with E-state index in [9.17, 15) is 16.8 Å². The van der Waals surface area contributed by atoms with Crippen molar-refractivity contribution in [3.8, 4) is 0 Å². The number of sulfone groups is 1. The van der Waals surface area contributed by atoms with Crippen molar-refractivity contribution < 1.29 is 16.8 Å². The molecule has 1 saturated heterocycles. The highest BCUT2D eigenvalue weighted by molar-refractivity contribution is 7.91. The molecule has 102 valence electrons. The maximum atomic E-state index is 11.7. The summed E-state index contributed by atoms with van der Waals surface area (Å²) in [7, 11) is -4.61. The van der Waals surface area contributed by atoms with Crippen LogP contribution in [0.25, 0.3) is 0 Å². The maximum absolute atomic E-state index is 11.7. The molecule has 17 heavy (non-hydrogen) atoms. The van der Waals surface area contributed by atoms with Crippen molar-refractivity contribution in [1.82, 2.24) is 10.0 Å². The minimum Gasteiger partial charge on any atom is -0.318 e. The Balaban J connectivity index is 2.46. The quantitative estimate of drug-likeness (QED) is 0.649. The zero-order chi connectivity index (χ0) is 13.1. The van der Waals surface area contributed by atoms with Gasteiger partial charge in [-0.25, -0.2) is 21.6 Å². The summed E-state index contributed by atoms with van der Waals surface area (Å²) in [5.74, 6) is 0.179. The summed E-state index contributed by atoms with van der Waals surface area (Å²) in [5, 5.41) is 2.28. The van der Waals surface area contributed by atoms with Gasteiger partial charge in [-0.2, -0.15) is 0 Å². The molecule has 6 nitrogen and oxygen atoms in total. The molecule has 2 atom stereocenters. The molecular weight excluding hydrogens is 264 g/mol. The second-order valence-corrected chi connectivity index (χ2v) is 8.94. The summed E-state index contributed by atoms with van der Waals surface area (Å²) < 4.78 is 48.4. The van der Waals surface area contributed by atoms with Crippen molar-refractivity contribution in [2.24, 2.45) is 5.92 Å². The van der Waals surface area contributed by atoms with Crippen LogP contribution in [0, 0.1) is 5.92 Å². The number of rotatable bonds is 6. The van der Waals surface area contributed by atoms with E-state index >= 15 is 0 Å². The van der Waals surface area contributed by atoms with Crippen molar-refractivity contribution in [1.29, 1.82) is 0 Å². The standard InChI is InChI=1S/C9H20N2O4S2/c1-8(5-10-2)17(14,15)11-6-9-3-4-16(12,13)7-9/h8-11H,3-7H2,1-2H3. The van der Waals surface area contributed by atoms with Crippen molar-refractivity contribution in [2.45, 2.75) is 18.6 Å². The topological polar surface area (TPSA) is 92.3 Å². The SMILES string of the molecule is CNCC(C)S(=O)(=O)NCC1CCS(=O)(=O)C1. The Morgan fingerprint density at radius 1 is 1.41 bits per heavy atom. The molecule has 0 aromatic heterocycles. The zero-order valence-corrected chi connectivity index (χ0v) is 11.8. The van der Waals surface area contributed by atoms with E-state index in [2.05, 4.69) is 10.0 Å². The van der Waals surface area contributed by atoms with Crippen molar-refractivity contribution in [3.05, 3.63) is 0 Å². The second kappa shape index (κ2) is 5.64. The van der Waals surface area contributed by atoms with Crippen LogP contribution in [0.15, 0.2) is 0 Å². The molecule has 1 rings (SSSR count). The monoisotopic (exact) mass is 284 g/mol. The van der Waals surface area contributed by atoms with Crippen LogP contribution in [-0.4, -0.2) is 53.7 Å². The molecule has 2 N–H and O–H groups in total.